The second-order valence-electron chi connectivity index (χ2n) is 11.3. The van der Waals surface area contributed by atoms with Gasteiger partial charge in [0.2, 0.25) is 0 Å². The molecular formula is C29H42O6. The van der Waals surface area contributed by atoms with Gasteiger partial charge in [0.1, 0.15) is 0 Å². The van der Waals surface area contributed by atoms with Crippen molar-refractivity contribution in [2.75, 3.05) is 7.11 Å². The SMILES string of the molecule is C=C1/C(=C\C=C2/CCC[C@]3(C)[C@@H]([C@H](C)/C=C/C(=O)C(C)(C)OC(=O)OC)CC[C@@H]23)CC(O)CC1O. The maximum atomic E-state index is 12.7. The average Bonchev–Trinajstić information content (AvgIpc) is 3.15. The third-order valence-electron chi connectivity index (χ3n) is 8.59. The number of carbonyl (C=O) groups excluding carboxylic acids is 2. The zero-order valence-electron chi connectivity index (χ0n) is 21.9. The summed E-state index contributed by atoms with van der Waals surface area (Å²) >= 11 is 0. The number of aliphatic hydroxyl groups excluding tert-OH is 2. The Kier molecular flexibility index (Phi) is 8.48. The van der Waals surface area contributed by atoms with Crippen LogP contribution in [0.3, 0.4) is 0 Å². The van der Waals surface area contributed by atoms with Crippen LogP contribution in [-0.4, -0.2) is 47.1 Å². The Morgan fingerprint density at radius 1 is 1.23 bits per heavy atom. The molecule has 0 aromatic rings. The molecule has 0 radical (unpaired) electrons. The van der Waals surface area contributed by atoms with Crippen LogP contribution >= 0.6 is 0 Å². The van der Waals surface area contributed by atoms with Crippen molar-refractivity contribution in [1.29, 1.82) is 0 Å². The smallest absolute Gasteiger partial charge is 0.438 e. The summed E-state index contributed by atoms with van der Waals surface area (Å²) < 4.78 is 9.64. The van der Waals surface area contributed by atoms with Crippen LogP contribution in [-0.2, 0) is 14.3 Å². The second-order valence-corrected chi connectivity index (χ2v) is 11.3. The first-order valence-corrected chi connectivity index (χ1v) is 12.8. The molecule has 0 saturated heterocycles. The molecule has 3 aliphatic carbocycles. The lowest BCUT2D eigenvalue weighted by Gasteiger charge is -2.44. The molecule has 2 N–H and O–H groups in total. The fraction of sp³-hybridized carbons (Fsp3) is 0.655. The van der Waals surface area contributed by atoms with Crippen molar-refractivity contribution >= 4 is 11.9 Å². The molecule has 3 aliphatic rings. The van der Waals surface area contributed by atoms with E-state index in [0.29, 0.717) is 24.7 Å². The van der Waals surface area contributed by atoms with E-state index in [1.165, 1.54) is 12.7 Å². The topological polar surface area (TPSA) is 93.1 Å². The number of hydrogen-bond acceptors (Lipinski definition) is 6. The number of ketones is 1. The third-order valence-corrected chi connectivity index (χ3v) is 8.59. The van der Waals surface area contributed by atoms with Gasteiger partial charge in [-0.25, -0.2) is 4.79 Å². The van der Waals surface area contributed by atoms with Crippen molar-refractivity contribution in [2.24, 2.45) is 23.2 Å². The van der Waals surface area contributed by atoms with E-state index in [9.17, 15) is 19.8 Å². The molecule has 0 aromatic carbocycles. The highest BCUT2D eigenvalue weighted by Crippen LogP contribution is 2.59. The van der Waals surface area contributed by atoms with E-state index in [1.807, 2.05) is 6.08 Å². The van der Waals surface area contributed by atoms with Crippen LogP contribution in [0.4, 0.5) is 4.79 Å². The summed E-state index contributed by atoms with van der Waals surface area (Å²) in [6.45, 7) is 11.7. The minimum Gasteiger partial charge on any atom is -0.438 e. The van der Waals surface area contributed by atoms with Gasteiger partial charge < -0.3 is 19.7 Å². The van der Waals surface area contributed by atoms with Gasteiger partial charge in [-0.2, -0.15) is 0 Å². The third kappa shape index (κ3) is 5.97. The van der Waals surface area contributed by atoms with Crippen LogP contribution in [0, 0.1) is 23.2 Å². The van der Waals surface area contributed by atoms with Crippen molar-refractivity contribution in [1.82, 2.24) is 0 Å². The molecule has 194 valence electrons. The zero-order chi connectivity index (χ0) is 26.0. The van der Waals surface area contributed by atoms with Crippen molar-refractivity contribution in [3.05, 3.63) is 47.6 Å². The second kappa shape index (κ2) is 10.8. The number of fused-ring (bicyclic) bond motifs is 1. The lowest BCUT2D eigenvalue weighted by Crippen LogP contribution is -2.37. The molecule has 0 aliphatic heterocycles. The Labute approximate surface area is 209 Å². The summed E-state index contributed by atoms with van der Waals surface area (Å²) in [7, 11) is 1.22. The standard InChI is InChI=1S/C29H42O6/c1-18(9-14-26(32)28(3,4)35-27(33)34-6)23-12-13-24-20(8-7-15-29(23,24)5)10-11-21-16-22(30)17-25(31)19(21)2/h9-11,14,18,22-25,30-31H,2,7-8,12-13,15-17H2,1,3-6H3/b14-9+,20-10+,21-11-/t18-,22?,23-,24+,25?,29-/m1/s1. The van der Waals surface area contributed by atoms with E-state index in [-0.39, 0.29) is 17.1 Å². The van der Waals surface area contributed by atoms with Crippen LogP contribution in [0.1, 0.15) is 72.6 Å². The first kappa shape index (κ1) is 27.4. The van der Waals surface area contributed by atoms with E-state index >= 15 is 0 Å². The first-order chi connectivity index (χ1) is 16.4. The first-order valence-electron chi connectivity index (χ1n) is 12.8. The minimum atomic E-state index is -1.27. The number of rotatable bonds is 6. The molecule has 35 heavy (non-hydrogen) atoms. The molecule has 3 rings (SSSR count). The Morgan fingerprint density at radius 2 is 1.94 bits per heavy atom. The van der Waals surface area contributed by atoms with E-state index in [4.69, 9.17) is 4.74 Å². The molecule has 3 saturated carbocycles. The molecule has 0 spiro atoms. The molecule has 6 atom stereocenters. The fourth-order valence-electron chi connectivity index (χ4n) is 6.48. The monoisotopic (exact) mass is 486 g/mol. The lowest BCUT2D eigenvalue weighted by molar-refractivity contribution is -0.131. The number of methoxy groups -OCH3 is 1. The minimum absolute atomic E-state index is 0.149. The highest BCUT2D eigenvalue weighted by atomic mass is 16.7. The average molecular weight is 487 g/mol. The molecule has 0 amide bonds. The normalized spacial score (nSPS) is 34.8. The Bertz CT molecular complexity index is 925. The maximum Gasteiger partial charge on any atom is 0.508 e. The molecule has 3 fully saturated rings. The van der Waals surface area contributed by atoms with Crippen LogP contribution in [0.15, 0.2) is 47.6 Å². The number of aliphatic hydroxyl groups is 2. The van der Waals surface area contributed by atoms with Gasteiger partial charge in [-0.05, 0) is 92.8 Å². The molecule has 6 nitrogen and oxygen atoms in total. The van der Waals surface area contributed by atoms with Gasteiger partial charge in [-0.3, -0.25) is 4.79 Å². The number of carbonyl (C=O) groups is 2. The molecule has 0 heterocycles. The summed E-state index contributed by atoms with van der Waals surface area (Å²) in [5.41, 5.74) is 1.98. The summed E-state index contributed by atoms with van der Waals surface area (Å²) in [4.78, 5) is 24.1. The van der Waals surface area contributed by atoms with Gasteiger partial charge in [-0.1, -0.05) is 44.2 Å². The lowest BCUT2D eigenvalue weighted by atomic mass is 9.61. The summed E-state index contributed by atoms with van der Waals surface area (Å²) in [6.07, 6.45) is 12.2. The molecule has 2 unspecified atom stereocenters. The quantitative estimate of drug-likeness (QED) is 0.383. The Morgan fingerprint density at radius 3 is 2.63 bits per heavy atom. The van der Waals surface area contributed by atoms with Crippen LogP contribution in [0.2, 0.25) is 0 Å². The summed E-state index contributed by atoms with van der Waals surface area (Å²) in [5, 5.41) is 20.2. The van der Waals surface area contributed by atoms with Gasteiger partial charge in [0.15, 0.2) is 11.4 Å². The molecular weight excluding hydrogens is 444 g/mol. The predicted molar refractivity (Wildman–Crippen MR) is 136 cm³/mol. The molecule has 0 bridgehead atoms. The van der Waals surface area contributed by atoms with Crippen molar-refractivity contribution < 1.29 is 29.3 Å². The van der Waals surface area contributed by atoms with Gasteiger partial charge in [0.25, 0.3) is 0 Å². The number of ether oxygens (including phenoxy) is 2. The number of allylic oxidation sites excluding steroid dienone is 4. The summed E-state index contributed by atoms with van der Waals surface area (Å²) in [6, 6.07) is 0. The van der Waals surface area contributed by atoms with E-state index < -0.39 is 24.0 Å². The van der Waals surface area contributed by atoms with E-state index in [2.05, 4.69) is 37.3 Å². The van der Waals surface area contributed by atoms with Gasteiger partial charge in [-0.15, -0.1) is 0 Å². The fourth-order valence-corrected chi connectivity index (χ4v) is 6.48. The van der Waals surface area contributed by atoms with E-state index in [0.717, 1.165) is 43.3 Å². The van der Waals surface area contributed by atoms with Gasteiger partial charge in [0.05, 0.1) is 19.3 Å². The number of hydrogen-bond donors (Lipinski definition) is 2. The van der Waals surface area contributed by atoms with Crippen molar-refractivity contribution in [3.8, 4) is 0 Å². The predicted octanol–water partition coefficient (Wildman–Crippen LogP) is 5.45. The zero-order valence-corrected chi connectivity index (χ0v) is 21.9. The Hall–Kier alpha value is -2.18. The largest absolute Gasteiger partial charge is 0.508 e. The van der Waals surface area contributed by atoms with E-state index in [1.54, 1.807) is 19.9 Å². The van der Waals surface area contributed by atoms with Crippen LogP contribution < -0.4 is 0 Å². The van der Waals surface area contributed by atoms with Crippen molar-refractivity contribution in [3.63, 3.8) is 0 Å². The van der Waals surface area contributed by atoms with Crippen LogP contribution in [0.25, 0.3) is 0 Å². The Balaban J connectivity index is 1.73. The van der Waals surface area contributed by atoms with Gasteiger partial charge >= 0.3 is 6.16 Å². The van der Waals surface area contributed by atoms with Crippen LogP contribution in [0.5, 0.6) is 0 Å². The summed E-state index contributed by atoms with van der Waals surface area (Å²) in [5.74, 6) is 0.882. The van der Waals surface area contributed by atoms with Crippen molar-refractivity contribution in [2.45, 2.75) is 90.4 Å². The molecule has 0 aromatic heterocycles. The highest BCUT2D eigenvalue weighted by Gasteiger charge is 2.50. The molecule has 6 heteroatoms. The maximum absolute atomic E-state index is 12.7. The highest BCUT2D eigenvalue weighted by molar-refractivity contribution is 5.97. The van der Waals surface area contributed by atoms with Gasteiger partial charge in [0, 0.05) is 6.42 Å².